The van der Waals surface area contributed by atoms with Crippen LogP contribution in [-0.2, 0) is 16.0 Å². The molecule has 6 heteroatoms. The number of nitrogens with zero attached hydrogens (tertiary/aromatic N) is 1. The predicted molar refractivity (Wildman–Crippen MR) is 86.6 cm³/mol. The number of rotatable bonds is 8. The van der Waals surface area contributed by atoms with Gasteiger partial charge in [0.2, 0.25) is 0 Å². The van der Waals surface area contributed by atoms with Crippen LogP contribution in [0, 0.1) is 0 Å². The van der Waals surface area contributed by atoms with Crippen LogP contribution < -0.4 is 10.1 Å². The van der Waals surface area contributed by atoms with E-state index in [0.717, 1.165) is 37.4 Å². The highest BCUT2D eigenvalue weighted by Crippen LogP contribution is 2.31. The van der Waals surface area contributed by atoms with E-state index in [1.165, 1.54) is 0 Å². The van der Waals surface area contributed by atoms with Gasteiger partial charge in [-0.3, -0.25) is 4.79 Å². The minimum absolute atomic E-state index is 0.0631. The maximum absolute atomic E-state index is 12.1. The van der Waals surface area contributed by atoms with E-state index in [2.05, 4.69) is 10.2 Å². The van der Waals surface area contributed by atoms with Gasteiger partial charge in [0.1, 0.15) is 5.75 Å². The first-order valence-corrected chi connectivity index (χ1v) is 7.88. The molecular formula is C16H23ClN2O3. The van der Waals surface area contributed by atoms with Gasteiger partial charge in [0.25, 0.3) is 5.91 Å². The molecule has 0 saturated heterocycles. The summed E-state index contributed by atoms with van der Waals surface area (Å²) < 4.78 is 10.7. The zero-order valence-corrected chi connectivity index (χ0v) is 13.9. The van der Waals surface area contributed by atoms with Crippen molar-refractivity contribution in [2.45, 2.75) is 18.9 Å². The standard InChI is InChI=1S/C16H23ClN2O3/c1-19(8-9-21-2)7-3-6-18-16(20)15-11-12-10-13(17)4-5-14(12)22-15/h4-5,10,15H,3,6-9,11H2,1-2H3,(H,18,20)/t15-/m0/s1. The molecule has 0 unspecified atom stereocenters. The number of hydrogen-bond acceptors (Lipinski definition) is 4. The van der Waals surface area contributed by atoms with Gasteiger partial charge in [-0.05, 0) is 43.8 Å². The number of benzene rings is 1. The second-order valence-corrected chi connectivity index (χ2v) is 5.94. The molecule has 1 aromatic carbocycles. The molecule has 0 radical (unpaired) electrons. The van der Waals surface area contributed by atoms with Gasteiger partial charge in [-0.15, -0.1) is 0 Å². The summed E-state index contributed by atoms with van der Waals surface area (Å²) >= 11 is 5.95. The van der Waals surface area contributed by atoms with Crippen molar-refractivity contribution in [1.29, 1.82) is 0 Å². The normalized spacial score (nSPS) is 16.5. The van der Waals surface area contributed by atoms with Crippen molar-refractivity contribution in [2.75, 3.05) is 40.4 Å². The van der Waals surface area contributed by atoms with Crippen LogP contribution in [0.25, 0.3) is 0 Å². The Hall–Kier alpha value is -1.30. The number of hydrogen-bond donors (Lipinski definition) is 1. The average molecular weight is 327 g/mol. The molecule has 0 aliphatic carbocycles. The largest absolute Gasteiger partial charge is 0.480 e. The molecule has 1 heterocycles. The first-order chi connectivity index (χ1) is 10.6. The number of ether oxygens (including phenoxy) is 2. The average Bonchev–Trinajstić information content (AvgIpc) is 2.92. The Bertz CT molecular complexity index is 510. The summed E-state index contributed by atoms with van der Waals surface area (Å²) in [6.07, 6.45) is 1.03. The minimum Gasteiger partial charge on any atom is -0.480 e. The zero-order valence-electron chi connectivity index (χ0n) is 13.1. The number of methoxy groups -OCH3 is 1. The van der Waals surface area contributed by atoms with E-state index in [1.54, 1.807) is 13.2 Å². The fraction of sp³-hybridized carbons (Fsp3) is 0.562. The lowest BCUT2D eigenvalue weighted by Crippen LogP contribution is -2.38. The third-order valence-corrected chi connectivity index (χ3v) is 3.92. The predicted octanol–water partition coefficient (Wildman–Crippen LogP) is 1.73. The third-order valence-electron chi connectivity index (χ3n) is 3.68. The van der Waals surface area contributed by atoms with E-state index in [0.29, 0.717) is 18.0 Å². The minimum atomic E-state index is -0.445. The van der Waals surface area contributed by atoms with E-state index in [-0.39, 0.29) is 5.91 Å². The summed E-state index contributed by atoms with van der Waals surface area (Å²) in [5.41, 5.74) is 0.993. The van der Waals surface area contributed by atoms with Crippen LogP contribution in [0.4, 0.5) is 0 Å². The molecule has 2 rings (SSSR count). The van der Waals surface area contributed by atoms with Gasteiger partial charge >= 0.3 is 0 Å². The Balaban J connectivity index is 1.67. The summed E-state index contributed by atoms with van der Waals surface area (Å²) in [6, 6.07) is 5.45. The molecule has 0 spiro atoms. The number of carbonyl (C=O) groups excluding carboxylic acids is 1. The van der Waals surface area contributed by atoms with Crippen LogP contribution in [0.1, 0.15) is 12.0 Å². The maximum Gasteiger partial charge on any atom is 0.261 e. The molecule has 1 amide bonds. The molecule has 122 valence electrons. The van der Waals surface area contributed by atoms with Gasteiger partial charge in [-0.2, -0.15) is 0 Å². The van der Waals surface area contributed by atoms with Gasteiger partial charge in [-0.1, -0.05) is 11.6 Å². The van der Waals surface area contributed by atoms with Crippen molar-refractivity contribution in [1.82, 2.24) is 10.2 Å². The Morgan fingerprint density at radius 1 is 1.50 bits per heavy atom. The van der Waals surface area contributed by atoms with Crippen molar-refractivity contribution in [3.8, 4) is 5.75 Å². The summed E-state index contributed by atoms with van der Waals surface area (Å²) in [4.78, 5) is 14.3. The lowest BCUT2D eigenvalue weighted by molar-refractivity contribution is -0.127. The number of fused-ring (bicyclic) bond motifs is 1. The SMILES string of the molecule is COCCN(C)CCCNC(=O)[C@@H]1Cc2cc(Cl)ccc2O1. The van der Waals surface area contributed by atoms with Crippen LogP contribution in [0.5, 0.6) is 5.75 Å². The topological polar surface area (TPSA) is 50.8 Å². The maximum atomic E-state index is 12.1. The molecule has 5 nitrogen and oxygen atoms in total. The highest BCUT2D eigenvalue weighted by Gasteiger charge is 2.28. The molecule has 0 fully saturated rings. The number of amides is 1. The van der Waals surface area contributed by atoms with E-state index >= 15 is 0 Å². The van der Waals surface area contributed by atoms with E-state index in [9.17, 15) is 4.79 Å². The van der Waals surface area contributed by atoms with Gasteiger partial charge < -0.3 is 19.7 Å². The fourth-order valence-electron chi connectivity index (χ4n) is 2.40. The lowest BCUT2D eigenvalue weighted by Gasteiger charge is -2.16. The number of likely N-dealkylation sites (N-methyl/N-ethyl adjacent to an activating group) is 1. The van der Waals surface area contributed by atoms with Crippen LogP contribution >= 0.6 is 11.6 Å². The molecule has 22 heavy (non-hydrogen) atoms. The molecule has 1 aliphatic rings. The van der Waals surface area contributed by atoms with Gasteiger partial charge in [0.05, 0.1) is 6.61 Å². The van der Waals surface area contributed by atoms with Crippen molar-refractivity contribution in [2.24, 2.45) is 0 Å². The van der Waals surface area contributed by atoms with Gasteiger partial charge in [-0.25, -0.2) is 0 Å². The third kappa shape index (κ3) is 4.87. The smallest absolute Gasteiger partial charge is 0.261 e. The molecule has 1 atom stereocenters. The Labute approximate surface area is 136 Å². The quantitative estimate of drug-likeness (QED) is 0.739. The highest BCUT2D eigenvalue weighted by atomic mass is 35.5. The summed E-state index contributed by atoms with van der Waals surface area (Å²) in [5, 5.41) is 3.60. The lowest BCUT2D eigenvalue weighted by atomic mass is 10.1. The van der Waals surface area contributed by atoms with Gasteiger partial charge in [0.15, 0.2) is 6.10 Å². The Morgan fingerprint density at radius 2 is 2.32 bits per heavy atom. The van der Waals surface area contributed by atoms with E-state index < -0.39 is 6.10 Å². The van der Waals surface area contributed by atoms with Crippen molar-refractivity contribution in [3.05, 3.63) is 28.8 Å². The van der Waals surface area contributed by atoms with Crippen LogP contribution in [-0.4, -0.2) is 57.3 Å². The first kappa shape index (κ1) is 17.1. The zero-order chi connectivity index (χ0) is 15.9. The van der Waals surface area contributed by atoms with Crippen LogP contribution in [0.3, 0.4) is 0 Å². The second-order valence-electron chi connectivity index (χ2n) is 5.50. The molecular weight excluding hydrogens is 304 g/mol. The van der Waals surface area contributed by atoms with Crippen LogP contribution in [0.2, 0.25) is 5.02 Å². The molecule has 0 bridgehead atoms. The van der Waals surface area contributed by atoms with Crippen molar-refractivity contribution < 1.29 is 14.3 Å². The van der Waals surface area contributed by atoms with Gasteiger partial charge in [0, 0.05) is 31.6 Å². The number of carbonyl (C=O) groups is 1. The number of nitrogens with one attached hydrogen (secondary N) is 1. The number of halogens is 1. The Kier molecular flexibility index (Phi) is 6.49. The van der Waals surface area contributed by atoms with Crippen molar-refractivity contribution in [3.63, 3.8) is 0 Å². The van der Waals surface area contributed by atoms with Crippen molar-refractivity contribution >= 4 is 17.5 Å². The van der Waals surface area contributed by atoms with E-state index in [4.69, 9.17) is 21.1 Å². The summed E-state index contributed by atoms with van der Waals surface area (Å²) in [7, 11) is 3.74. The second kappa shape index (κ2) is 8.36. The highest BCUT2D eigenvalue weighted by molar-refractivity contribution is 6.30. The first-order valence-electron chi connectivity index (χ1n) is 7.50. The molecule has 0 aromatic heterocycles. The summed E-state index contributed by atoms with van der Waals surface area (Å²) in [5.74, 6) is 0.690. The summed E-state index contributed by atoms with van der Waals surface area (Å²) in [6.45, 7) is 3.18. The van der Waals surface area contributed by atoms with E-state index in [1.807, 2.05) is 19.2 Å². The fourth-order valence-corrected chi connectivity index (χ4v) is 2.59. The monoisotopic (exact) mass is 326 g/mol. The Morgan fingerprint density at radius 3 is 3.09 bits per heavy atom. The molecule has 1 N–H and O–H groups in total. The molecule has 0 saturated carbocycles. The van der Waals surface area contributed by atoms with Crippen LogP contribution in [0.15, 0.2) is 18.2 Å². The molecule has 1 aliphatic heterocycles. The molecule has 1 aromatic rings.